The number of sulfonamides is 1. The minimum Gasteiger partial charge on any atom is -0.497 e. The predicted molar refractivity (Wildman–Crippen MR) is 71.3 cm³/mol. The molecule has 2 rings (SSSR count). The Hall–Kier alpha value is -1.07. The summed E-state index contributed by atoms with van der Waals surface area (Å²) in [6.45, 7) is 4.18. The monoisotopic (exact) mass is 269 g/mol. The van der Waals surface area contributed by atoms with Crippen molar-refractivity contribution in [2.75, 3.05) is 19.4 Å². The largest absolute Gasteiger partial charge is 0.497 e. The van der Waals surface area contributed by atoms with Crippen LogP contribution in [0, 0.1) is 0 Å². The van der Waals surface area contributed by atoms with Gasteiger partial charge in [0.05, 0.1) is 12.9 Å². The molecule has 1 aliphatic rings. The molecule has 0 aromatic heterocycles. The summed E-state index contributed by atoms with van der Waals surface area (Å²) < 4.78 is 30.8. The maximum Gasteiger partial charge on any atom is 0.214 e. The lowest BCUT2D eigenvalue weighted by Crippen LogP contribution is -2.39. The van der Waals surface area contributed by atoms with Crippen molar-refractivity contribution in [1.82, 2.24) is 4.31 Å². The Morgan fingerprint density at radius 3 is 2.78 bits per heavy atom. The highest BCUT2D eigenvalue weighted by molar-refractivity contribution is 7.89. The minimum absolute atomic E-state index is 0.0930. The molecule has 5 heteroatoms. The van der Waals surface area contributed by atoms with E-state index in [1.165, 1.54) is 5.56 Å². The van der Waals surface area contributed by atoms with Crippen LogP contribution in [0.1, 0.15) is 31.0 Å². The van der Waals surface area contributed by atoms with Crippen molar-refractivity contribution in [1.29, 1.82) is 0 Å². The summed E-state index contributed by atoms with van der Waals surface area (Å²) in [5.41, 5.74) is 2.27. The zero-order valence-electron chi connectivity index (χ0n) is 11.0. The van der Waals surface area contributed by atoms with E-state index in [9.17, 15) is 8.42 Å². The summed E-state index contributed by atoms with van der Waals surface area (Å²) in [5, 5.41) is 0. The van der Waals surface area contributed by atoms with Gasteiger partial charge in [-0.25, -0.2) is 8.42 Å². The molecule has 1 aliphatic heterocycles. The molecule has 0 N–H and O–H groups in total. The van der Waals surface area contributed by atoms with Gasteiger partial charge in [-0.05, 0) is 43.5 Å². The normalized spacial score (nSPS) is 20.5. The van der Waals surface area contributed by atoms with E-state index >= 15 is 0 Å². The Bertz CT molecular complexity index is 539. The lowest BCUT2D eigenvalue weighted by Gasteiger charge is -2.34. The second kappa shape index (κ2) is 4.90. The average Bonchev–Trinajstić information content (AvgIpc) is 2.38. The molecule has 0 saturated carbocycles. The van der Waals surface area contributed by atoms with Crippen LogP contribution in [0.3, 0.4) is 0 Å². The van der Waals surface area contributed by atoms with Crippen LogP contribution in [-0.2, 0) is 16.4 Å². The van der Waals surface area contributed by atoms with E-state index in [1.54, 1.807) is 18.3 Å². The molecule has 0 aliphatic carbocycles. The van der Waals surface area contributed by atoms with Gasteiger partial charge in [-0.3, -0.25) is 0 Å². The third-order valence-electron chi connectivity index (χ3n) is 3.56. The second-order valence-electron chi connectivity index (χ2n) is 4.50. The van der Waals surface area contributed by atoms with Gasteiger partial charge in [-0.2, -0.15) is 4.31 Å². The molecule has 0 radical (unpaired) electrons. The summed E-state index contributed by atoms with van der Waals surface area (Å²) in [6, 6.07) is 5.76. The van der Waals surface area contributed by atoms with Gasteiger partial charge >= 0.3 is 0 Å². The maximum atomic E-state index is 12.0. The molecule has 0 bridgehead atoms. The van der Waals surface area contributed by atoms with Crippen molar-refractivity contribution in [2.45, 2.75) is 26.3 Å². The first-order valence-corrected chi connectivity index (χ1v) is 7.77. The lowest BCUT2D eigenvalue weighted by atomic mass is 9.95. The third-order valence-corrected chi connectivity index (χ3v) is 5.50. The van der Waals surface area contributed by atoms with Crippen LogP contribution in [-0.4, -0.2) is 32.1 Å². The molecular weight excluding hydrogens is 250 g/mol. The van der Waals surface area contributed by atoms with E-state index < -0.39 is 10.0 Å². The first-order valence-electron chi connectivity index (χ1n) is 6.16. The van der Waals surface area contributed by atoms with E-state index in [-0.39, 0.29) is 11.8 Å². The van der Waals surface area contributed by atoms with E-state index in [2.05, 4.69) is 0 Å². The Kier molecular flexibility index (Phi) is 3.64. The standard InChI is InChI=1S/C13H19NO3S/c1-4-18(15,16)14-8-7-11-9-12(17-3)5-6-13(11)10(14)2/h5-6,9-10H,4,7-8H2,1-3H3. The number of benzene rings is 1. The predicted octanol–water partition coefficient (Wildman–Crippen LogP) is 1.96. The summed E-state index contributed by atoms with van der Waals surface area (Å²) in [4.78, 5) is 0. The Morgan fingerprint density at radius 1 is 1.44 bits per heavy atom. The highest BCUT2D eigenvalue weighted by atomic mass is 32.2. The van der Waals surface area contributed by atoms with Gasteiger partial charge in [0, 0.05) is 12.6 Å². The van der Waals surface area contributed by atoms with Crippen molar-refractivity contribution < 1.29 is 13.2 Å². The van der Waals surface area contributed by atoms with Crippen molar-refractivity contribution in [3.05, 3.63) is 29.3 Å². The summed E-state index contributed by atoms with van der Waals surface area (Å²) in [5.74, 6) is 0.982. The fourth-order valence-electron chi connectivity index (χ4n) is 2.46. The Balaban J connectivity index is 2.37. The fraction of sp³-hybridized carbons (Fsp3) is 0.538. The van der Waals surface area contributed by atoms with Gasteiger partial charge < -0.3 is 4.74 Å². The highest BCUT2D eigenvalue weighted by Crippen LogP contribution is 2.33. The average molecular weight is 269 g/mol. The van der Waals surface area contributed by atoms with Crippen molar-refractivity contribution in [3.63, 3.8) is 0 Å². The van der Waals surface area contributed by atoms with E-state index in [1.807, 2.05) is 25.1 Å². The molecule has 100 valence electrons. The molecule has 4 nitrogen and oxygen atoms in total. The molecule has 0 saturated heterocycles. The molecule has 18 heavy (non-hydrogen) atoms. The molecule has 1 unspecified atom stereocenters. The Morgan fingerprint density at radius 2 is 2.17 bits per heavy atom. The first kappa shape index (κ1) is 13.4. The van der Waals surface area contributed by atoms with Crippen LogP contribution in [0.2, 0.25) is 0 Å². The number of ether oxygens (including phenoxy) is 1. The topological polar surface area (TPSA) is 46.6 Å². The summed E-state index contributed by atoms with van der Waals surface area (Å²) in [6.07, 6.45) is 0.746. The number of nitrogens with zero attached hydrogens (tertiary/aromatic N) is 1. The fourth-order valence-corrected chi connectivity index (χ4v) is 3.75. The quantitative estimate of drug-likeness (QED) is 0.842. The van der Waals surface area contributed by atoms with Crippen LogP contribution in [0.4, 0.5) is 0 Å². The SMILES string of the molecule is CCS(=O)(=O)N1CCc2cc(OC)ccc2C1C. The lowest BCUT2D eigenvalue weighted by molar-refractivity contribution is 0.326. The van der Waals surface area contributed by atoms with Gasteiger partial charge in [-0.1, -0.05) is 6.07 Å². The van der Waals surface area contributed by atoms with Crippen molar-refractivity contribution >= 4 is 10.0 Å². The molecule has 0 amide bonds. The maximum absolute atomic E-state index is 12.0. The minimum atomic E-state index is -3.13. The van der Waals surface area contributed by atoms with Gasteiger partial charge in [0.2, 0.25) is 10.0 Å². The van der Waals surface area contributed by atoms with Crippen LogP contribution >= 0.6 is 0 Å². The number of hydrogen-bond donors (Lipinski definition) is 0. The number of hydrogen-bond acceptors (Lipinski definition) is 3. The van der Waals surface area contributed by atoms with Crippen molar-refractivity contribution in [3.8, 4) is 5.75 Å². The molecule has 1 atom stereocenters. The van der Waals surface area contributed by atoms with Crippen LogP contribution in [0.15, 0.2) is 18.2 Å². The summed E-state index contributed by atoms with van der Waals surface area (Å²) >= 11 is 0. The zero-order valence-corrected chi connectivity index (χ0v) is 11.8. The molecular formula is C13H19NO3S. The molecule has 1 aromatic rings. The van der Waals surface area contributed by atoms with Gasteiger partial charge in [0.15, 0.2) is 0 Å². The summed E-state index contributed by atoms with van der Waals surface area (Å²) in [7, 11) is -1.49. The third kappa shape index (κ3) is 2.24. The molecule has 0 spiro atoms. The van der Waals surface area contributed by atoms with Crippen LogP contribution in [0.25, 0.3) is 0 Å². The van der Waals surface area contributed by atoms with Crippen LogP contribution in [0.5, 0.6) is 5.75 Å². The zero-order chi connectivity index (χ0) is 13.3. The number of fused-ring (bicyclic) bond motifs is 1. The first-order chi connectivity index (χ1) is 8.49. The van der Waals surface area contributed by atoms with E-state index in [4.69, 9.17) is 4.74 Å². The Labute approximate surface area is 109 Å². The molecule has 0 fully saturated rings. The van der Waals surface area contributed by atoms with Crippen LogP contribution < -0.4 is 4.74 Å². The highest BCUT2D eigenvalue weighted by Gasteiger charge is 2.31. The number of rotatable bonds is 3. The van der Waals surface area contributed by atoms with Crippen molar-refractivity contribution in [2.24, 2.45) is 0 Å². The van der Waals surface area contributed by atoms with Gasteiger partial charge in [0.25, 0.3) is 0 Å². The van der Waals surface area contributed by atoms with Gasteiger partial charge in [0.1, 0.15) is 5.75 Å². The molecule has 1 heterocycles. The van der Waals surface area contributed by atoms with E-state index in [0.717, 1.165) is 17.7 Å². The molecule has 1 aromatic carbocycles. The number of methoxy groups -OCH3 is 1. The smallest absolute Gasteiger partial charge is 0.214 e. The van der Waals surface area contributed by atoms with Gasteiger partial charge in [-0.15, -0.1) is 0 Å². The second-order valence-corrected chi connectivity index (χ2v) is 6.71. The van der Waals surface area contributed by atoms with E-state index in [0.29, 0.717) is 6.54 Å².